The van der Waals surface area contributed by atoms with E-state index in [2.05, 4.69) is 37.9 Å². The van der Waals surface area contributed by atoms with Crippen LogP contribution >= 0.6 is 11.3 Å². The van der Waals surface area contributed by atoms with Crippen LogP contribution in [0.25, 0.3) is 10.2 Å². The van der Waals surface area contributed by atoms with Gasteiger partial charge in [0.25, 0.3) is 0 Å². The number of carbonyl (C=O) groups is 1. The highest BCUT2D eigenvalue weighted by atomic mass is 32.1. The minimum absolute atomic E-state index is 0.0805. The largest absolute Gasteiger partial charge is 0.497 e. The molecule has 1 aromatic carbocycles. The number of benzene rings is 1. The fourth-order valence-electron chi connectivity index (χ4n) is 3.73. The molecule has 0 atom stereocenters. The number of nitrogens with one attached hydrogen (secondary N) is 1. The molecule has 1 aliphatic heterocycles. The molecule has 8 heteroatoms. The number of thiophene rings is 1. The third-order valence-corrected chi connectivity index (χ3v) is 6.85. The highest BCUT2D eigenvalue weighted by Crippen LogP contribution is 2.36. The summed E-state index contributed by atoms with van der Waals surface area (Å²) >= 11 is 1.74. The maximum atomic E-state index is 12.7. The van der Waals surface area contributed by atoms with Crippen LogP contribution in [0.15, 0.2) is 24.3 Å². The summed E-state index contributed by atoms with van der Waals surface area (Å²) in [5.74, 6) is 2.92. The van der Waals surface area contributed by atoms with Gasteiger partial charge in [-0.1, -0.05) is 13.8 Å². The van der Waals surface area contributed by atoms with Crippen LogP contribution < -0.4 is 15.0 Å². The van der Waals surface area contributed by atoms with Crippen molar-refractivity contribution in [1.29, 1.82) is 0 Å². The summed E-state index contributed by atoms with van der Waals surface area (Å²) in [6, 6.07) is 7.29. The van der Waals surface area contributed by atoms with Crippen molar-refractivity contribution in [2.45, 2.75) is 33.6 Å². The van der Waals surface area contributed by atoms with Crippen molar-refractivity contribution < 1.29 is 9.53 Å². The first-order valence-electron chi connectivity index (χ1n) is 10.6. The average molecular weight is 440 g/mol. The molecule has 3 heterocycles. The summed E-state index contributed by atoms with van der Waals surface area (Å²) in [5.41, 5.74) is 2.02. The van der Waals surface area contributed by atoms with E-state index in [0.717, 1.165) is 46.4 Å². The van der Waals surface area contributed by atoms with Crippen LogP contribution in [0.4, 0.5) is 16.3 Å². The number of piperazine rings is 1. The first-order chi connectivity index (χ1) is 14.9. The molecule has 2 amide bonds. The first kappa shape index (κ1) is 21.4. The average Bonchev–Trinajstić information content (AvgIpc) is 3.07. The van der Waals surface area contributed by atoms with Gasteiger partial charge < -0.3 is 19.9 Å². The van der Waals surface area contributed by atoms with Crippen LogP contribution in [0, 0.1) is 13.8 Å². The monoisotopic (exact) mass is 439 g/mol. The van der Waals surface area contributed by atoms with Crippen LogP contribution in [0.2, 0.25) is 0 Å². The van der Waals surface area contributed by atoms with Crippen LogP contribution in [0.1, 0.15) is 36.0 Å². The van der Waals surface area contributed by atoms with Crippen LogP contribution in [-0.2, 0) is 0 Å². The molecule has 0 unspecified atom stereocenters. The number of fused-ring (bicyclic) bond motifs is 1. The molecule has 1 aliphatic rings. The summed E-state index contributed by atoms with van der Waals surface area (Å²) in [5, 5.41) is 4.13. The number of carbonyl (C=O) groups excluding carboxylic acids is 1. The molecule has 1 fully saturated rings. The van der Waals surface area contributed by atoms with Gasteiger partial charge in [-0.05, 0) is 43.7 Å². The van der Waals surface area contributed by atoms with Gasteiger partial charge in [0.1, 0.15) is 22.2 Å². The zero-order valence-electron chi connectivity index (χ0n) is 18.7. The Morgan fingerprint density at radius 1 is 1.10 bits per heavy atom. The number of ether oxygens (including phenoxy) is 1. The van der Waals surface area contributed by atoms with E-state index in [-0.39, 0.29) is 11.9 Å². The predicted molar refractivity (Wildman–Crippen MR) is 127 cm³/mol. The molecule has 0 aliphatic carbocycles. The molecule has 0 spiro atoms. The molecule has 4 rings (SSSR count). The molecule has 3 aromatic rings. The van der Waals surface area contributed by atoms with Gasteiger partial charge in [0.2, 0.25) is 0 Å². The molecule has 0 radical (unpaired) electrons. The quantitative estimate of drug-likeness (QED) is 0.633. The lowest BCUT2D eigenvalue weighted by atomic mass is 10.1. The van der Waals surface area contributed by atoms with Gasteiger partial charge in [-0.15, -0.1) is 11.3 Å². The molecule has 0 bridgehead atoms. The molecule has 0 saturated carbocycles. The first-order valence-corrected chi connectivity index (χ1v) is 11.4. The van der Waals surface area contributed by atoms with Crippen LogP contribution in [0.3, 0.4) is 0 Å². The fourth-order valence-corrected chi connectivity index (χ4v) is 4.76. The highest BCUT2D eigenvalue weighted by molar-refractivity contribution is 7.18. The normalized spacial score (nSPS) is 14.4. The van der Waals surface area contributed by atoms with Gasteiger partial charge in [0, 0.05) is 42.7 Å². The van der Waals surface area contributed by atoms with E-state index in [4.69, 9.17) is 14.7 Å². The molecular weight excluding hydrogens is 410 g/mol. The number of aromatic nitrogens is 2. The molecule has 31 heavy (non-hydrogen) atoms. The van der Waals surface area contributed by atoms with Crippen molar-refractivity contribution in [1.82, 2.24) is 14.9 Å². The highest BCUT2D eigenvalue weighted by Gasteiger charge is 2.26. The van der Waals surface area contributed by atoms with Crippen LogP contribution in [-0.4, -0.2) is 54.2 Å². The maximum absolute atomic E-state index is 12.7. The van der Waals surface area contributed by atoms with Crippen molar-refractivity contribution >= 4 is 39.1 Å². The number of hydrogen-bond acceptors (Lipinski definition) is 6. The Labute approximate surface area is 187 Å². The van der Waals surface area contributed by atoms with E-state index in [0.29, 0.717) is 13.1 Å². The van der Waals surface area contributed by atoms with Crippen molar-refractivity contribution in [3.63, 3.8) is 0 Å². The summed E-state index contributed by atoms with van der Waals surface area (Å²) < 4.78 is 5.17. The third-order valence-electron chi connectivity index (χ3n) is 5.75. The minimum Gasteiger partial charge on any atom is -0.497 e. The van der Waals surface area contributed by atoms with E-state index >= 15 is 0 Å². The number of hydrogen-bond donors (Lipinski definition) is 1. The SMILES string of the molecule is COc1ccc(NC(=O)N2CCN(c3nc(C(C)C)nc4sc(C)c(C)c34)CC2)cc1. The van der Waals surface area contributed by atoms with Crippen LogP contribution in [0.5, 0.6) is 5.75 Å². The number of nitrogens with zero attached hydrogens (tertiary/aromatic N) is 4. The second-order valence-corrected chi connectivity index (χ2v) is 9.36. The predicted octanol–water partition coefficient (Wildman–Crippen LogP) is 4.79. The number of amides is 2. The lowest BCUT2D eigenvalue weighted by Crippen LogP contribution is -2.50. The Bertz CT molecular complexity index is 1090. The standard InChI is InChI=1S/C23H29N5O2S/c1-14(2)20-25-21(19-15(3)16(4)31-22(19)26-20)27-10-12-28(13-11-27)23(29)24-17-6-8-18(30-5)9-7-17/h6-9,14H,10-13H2,1-5H3,(H,24,29). The van der Waals surface area contributed by atoms with E-state index < -0.39 is 0 Å². The summed E-state index contributed by atoms with van der Waals surface area (Å²) in [4.78, 5) is 29.0. The number of methoxy groups -OCH3 is 1. The van der Waals surface area contributed by atoms with E-state index in [1.54, 1.807) is 18.4 Å². The smallest absolute Gasteiger partial charge is 0.321 e. The summed E-state index contributed by atoms with van der Waals surface area (Å²) in [6.07, 6.45) is 0. The number of aryl methyl sites for hydroxylation is 2. The number of anilines is 2. The number of urea groups is 1. The molecule has 1 saturated heterocycles. The molecule has 2 aromatic heterocycles. The maximum Gasteiger partial charge on any atom is 0.321 e. The molecule has 164 valence electrons. The Hall–Kier alpha value is -2.87. The van der Waals surface area contributed by atoms with Gasteiger partial charge in [-0.2, -0.15) is 0 Å². The second-order valence-electron chi connectivity index (χ2n) is 8.16. The number of rotatable bonds is 4. The van der Waals surface area contributed by atoms with E-state index in [1.165, 1.54) is 10.4 Å². The van der Waals surface area contributed by atoms with Gasteiger partial charge in [-0.25, -0.2) is 14.8 Å². The Morgan fingerprint density at radius 3 is 2.39 bits per heavy atom. The van der Waals surface area contributed by atoms with E-state index in [1.807, 2.05) is 29.2 Å². The Kier molecular flexibility index (Phi) is 6.00. The topological polar surface area (TPSA) is 70.6 Å². The summed E-state index contributed by atoms with van der Waals surface area (Å²) in [7, 11) is 1.63. The lowest BCUT2D eigenvalue weighted by molar-refractivity contribution is 0.208. The van der Waals surface area contributed by atoms with Gasteiger partial charge in [0.15, 0.2) is 0 Å². The second kappa shape index (κ2) is 8.70. The van der Waals surface area contributed by atoms with Crippen molar-refractivity contribution in [3.8, 4) is 5.75 Å². The Morgan fingerprint density at radius 2 is 1.77 bits per heavy atom. The zero-order valence-corrected chi connectivity index (χ0v) is 19.5. The van der Waals surface area contributed by atoms with Gasteiger partial charge in [0.05, 0.1) is 12.5 Å². The molecule has 1 N–H and O–H groups in total. The van der Waals surface area contributed by atoms with Gasteiger partial charge in [-0.3, -0.25) is 0 Å². The molecular formula is C23H29N5O2S. The Balaban J connectivity index is 1.49. The van der Waals surface area contributed by atoms with E-state index in [9.17, 15) is 4.79 Å². The minimum atomic E-state index is -0.0805. The van der Waals surface area contributed by atoms with Crippen molar-refractivity contribution in [2.75, 3.05) is 43.5 Å². The molecule has 7 nitrogen and oxygen atoms in total. The fraction of sp³-hybridized carbons (Fsp3) is 0.435. The van der Waals surface area contributed by atoms with Gasteiger partial charge >= 0.3 is 6.03 Å². The lowest BCUT2D eigenvalue weighted by Gasteiger charge is -2.36. The summed E-state index contributed by atoms with van der Waals surface area (Å²) in [6.45, 7) is 11.3. The third kappa shape index (κ3) is 4.30. The zero-order chi connectivity index (χ0) is 22.1. The van der Waals surface area contributed by atoms with Crippen molar-refractivity contribution in [2.24, 2.45) is 0 Å². The van der Waals surface area contributed by atoms with Crippen molar-refractivity contribution in [3.05, 3.63) is 40.5 Å².